The highest BCUT2D eigenvalue weighted by Gasteiger charge is 2.20. The molecule has 0 aromatic carbocycles. The minimum absolute atomic E-state index is 0.0120. The first-order valence-electron chi connectivity index (χ1n) is 10.4. The summed E-state index contributed by atoms with van der Waals surface area (Å²) in [7, 11) is 3.66. The zero-order valence-corrected chi connectivity index (χ0v) is 21.5. The summed E-state index contributed by atoms with van der Waals surface area (Å²) in [6.45, 7) is 5.55. The molecule has 0 spiro atoms. The normalized spacial score (nSPS) is 11.4. The molecule has 2 amide bonds. The van der Waals surface area contributed by atoms with Gasteiger partial charge in [-0.1, -0.05) is 0 Å². The molecule has 0 aliphatic heterocycles. The highest BCUT2D eigenvalue weighted by atomic mass is 32.1. The Morgan fingerprint density at radius 1 is 1.00 bits per heavy atom. The summed E-state index contributed by atoms with van der Waals surface area (Å²) in [5.74, 6) is -0.353. The summed E-state index contributed by atoms with van der Waals surface area (Å²) < 4.78 is 0.305. The summed E-state index contributed by atoms with van der Waals surface area (Å²) in [4.78, 5) is 39.9. The number of carboxylic acid groups (broad SMARTS) is 1. The molecule has 0 bridgehead atoms. The Kier molecular flexibility index (Phi) is 9.75. The maximum Gasteiger partial charge on any atom is 0.359 e. The molecule has 2 rings (SSSR count). The number of hydrogen-bond donors (Lipinski definition) is 4. The van der Waals surface area contributed by atoms with Gasteiger partial charge in [-0.25, -0.2) is 4.79 Å². The molecule has 10 heteroatoms. The number of carboxylic acids is 1. The zero-order chi connectivity index (χ0) is 23.9. The number of rotatable bonds is 12. The standard InChI is InChI=1S/C22H31N3O4S3/c1-14-9-17(12-20(27)24-6-8-30)22(31-14)18-10-16(15(2)32-18)11-19(26)23-5-7-25(3,4)13-21(28)29/h9-10H,5-8,11-13H2,1-4H3,(H3-,23,24,26,27,28,29,30)/p+1. The molecule has 0 aliphatic carbocycles. The van der Waals surface area contributed by atoms with Gasteiger partial charge in [0.1, 0.15) is 0 Å². The van der Waals surface area contributed by atoms with E-state index in [1.165, 1.54) is 0 Å². The van der Waals surface area contributed by atoms with Crippen molar-refractivity contribution in [3.8, 4) is 9.75 Å². The molecule has 2 aromatic heterocycles. The molecule has 0 saturated carbocycles. The molecule has 3 N–H and O–H groups in total. The number of thiol groups is 1. The van der Waals surface area contributed by atoms with Crippen molar-refractivity contribution < 1.29 is 24.0 Å². The van der Waals surface area contributed by atoms with Gasteiger partial charge in [0.15, 0.2) is 6.54 Å². The van der Waals surface area contributed by atoms with Crippen LogP contribution in [0.2, 0.25) is 0 Å². The van der Waals surface area contributed by atoms with Crippen molar-refractivity contribution in [1.29, 1.82) is 0 Å². The van der Waals surface area contributed by atoms with Crippen LogP contribution in [-0.4, -0.2) is 73.4 Å². The number of thiophene rings is 2. The molecule has 0 saturated heterocycles. The number of amides is 2. The first kappa shape index (κ1) is 26.4. The van der Waals surface area contributed by atoms with Crippen LogP contribution in [0.4, 0.5) is 0 Å². The van der Waals surface area contributed by atoms with E-state index in [0.29, 0.717) is 36.3 Å². The van der Waals surface area contributed by atoms with Gasteiger partial charge in [0.25, 0.3) is 0 Å². The number of quaternary nitrogens is 1. The molecular weight excluding hydrogens is 466 g/mol. The SMILES string of the molecule is Cc1cc(CC(=O)NCCS)c(-c2cc(CC(=O)NCC[N+](C)(C)CC(=O)O)c(C)s2)s1. The van der Waals surface area contributed by atoms with Gasteiger partial charge in [-0.15, -0.1) is 22.7 Å². The maximum atomic E-state index is 12.4. The van der Waals surface area contributed by atoms with E-state index in [1.807, 2.05) is 34.0 Å². The van der Waals surface area contributed by atoms with Gasteiger partial charge in [0.2, 0.25) is 11.8 Å². The molecule has 2 heterocycles. The van der Waals surface area contributed by atoms with E-state index >= 15 is 0 Å². The zero-order valence-electron chi connectivity index (χ0n) is 19.0. The van der Waals surface area contributed by atoms with Crippen molar-refractivity contribution in [1.82, 2.24) is 10.6 Å². The lowest BCUT2D eigenvalue weighted by Crippen LogP contribution is -2.48. The van der Waals surface area contributed by atoms with E-state index in [2.05, 4.69) is 29.3 Å². The average Bonchev–Trinajstić information content (AvgIpc) is 3.20. The Morgan fingerprint density at radius 3 is 2.25 bits per heavy atom. The van der Waals surface area contributed by atoms with Crippen LogP contribution < -0.4 is 10.6 Å². The molecule has 0 unspecified atom stereocenters. The lowest BCUT2D eigenvalue weighted by molar-refractivity contribution is -0.881. The van der Waals surface area contributed by atoms with Crippen molar-refractivity contribution in [2.75, 3.05) is 46.0 Å². The number of carbonyl (C=O) groups excluding carboxylic acids is 2. The molecule has 2 aromatic rings. The molecule has 0 radical (unpaired) electrons. The number of hydrogen-bond acceptors (Lipinski definition) is 6. The molecule has 0 atom stereocenters. The van der Waals surface area contributed by atoms with Gasteiger partial charge in [0, 0.05) is 31.8 Å². The second kappa shape index (κ2) is 11.8. The maximum absolute atomic E-state index is 12.4. The number of likely N-dealkylation sites (N-methyl/N-ethyl adjacent to an activating group) is 1. The summed E-state index contributed by atoms with van der Waals surface area (Å²) in [5.41, 5.74) is 1.97. The van der Waals surface area contributed by atoms with E-state index in [-0.39, 0.29) is 24.8 Å². The Hall–Kier alpha value is -1.88. The van der Waals surface area contributed by atoms with Crippen LogP contribution in [0.1, 0.15) is 20.9 Å². The van der Waals surface area contributed by atoms with Crippen LogP contribution in [0.3, 0.4) is 0 Å². The summed E-state index contributed by atoms with van der Waals surface area (Å²) in [6, 6.07) is 4.10. The second-order valence-electron chi connectivity index (χ2n) is 8.39. The summed E-state index contributed by atoms with van der Waals surface area (Å²) in [5, 5.41) is 14.7. The number of aryl methyl sites for hydroxylation is 2. The van der Waals surface area contributed by atoms with Crippen molar-refractivity contribution >= 4 is 53.1 Å². The molecular formula is C22H32N3O4S3+. The predicted molar refractivity (Wildman–Crippen MR) is 134 cm³/mol. The third-order valence-corrected chi connectivity index (χ3v) is 7.50. The van der Waals surface area contributed by atoms with Crippen LogP contribution in [0, 0.1) is 13.8 Å². The molecule has 176 valence electrons. The Bertz CT molecular complexity index is 966. The van der Waals surface area contributed by atoms with Gasteiger partial charge < -0.3 is 20.2 Å². The number of nitrogens with one attached hydrogen (secondary N) is 2. The molecule has 7 nitrogen and oxygen atoms in total. The van der Waals surface area contributed by atoms with E-state index in [9.17, 15) is 14.4 Å². The van der Waals surface area contributed by atoms with Crippen molar-refractivity contribution in [3.05, 3.63) is 33.0 Å². The highest BCUT2D eigenvalue weighted by Crippen LogP contribution is 2.39. The van der Waals surface area contributed by atoms with Crippen molar-refractivity contribution in [2.24, 2.45) is 0 Å². The van der Waals surface area contributed by atoms with Crippen molar-refractivity contribution in [2.45, 2.75) is 26.7 Å². The minimum Gasteiger partial charge on any atom is -0.477 e. The fourth-order valence-electron chi connectivity index (χ4n) is 3.32. The quantitative estimate of drug-likeness (QED) is 0.267. The topological polar surface area (TPSA) is 95.5 Å². The van der Waals surface area contributed by atoms with E-state index in [4.69, 9.17) is 5.11 Å². The third kappa shape index (κ3) is 8.23. The van der Waals surface area contributed by atoms with E-state index in [1.54, 1.807) is 22.7 Å². The van der Waals surface area contributed by atoms with Crippen LogP contribution in [0.15, 0.2) is 12.1 Å². The van der Waals surface area contributed by atoms with Crippen LogP contribution in [-0.2, 0) is 27.2 Å². The van der Waals surface area contributed by atoms with Crippen LogP contribution in [0.25, 0.3) is 9.75 Å². The van der Waals surface area contributed by atoms with Crippen LogP contribution in [0.5, 0.6) is 0 Å². The minimum atomic E-state index is -0.856. The largest absolute Gasteiger partial charge is 0.477 e. The predicted octanol–water partition coefficient (Wildman–Crippen LogP) is 2.50. The fourth-order valence-corrected chi connectivity index (χ4v) is 5.65. The highest BCUT2D eigenvalue weighted by molar-refractivity contribution is 7.80. The van der Waals surface area contributed by atoms with Gasteiger partial charge in [-0.05, 0) is 37.1 Å². The molecule has 0 aliphatic rings. The Morgan fingerprint density at radius 2 is 1.62 bits per heavy atom. The lowest BCUT2D eigenvalue weighted by atomic mass is 10.1. The second-order valence-corrected chi connectivity index (χ2v) is 11.4. The van der Waals surface area contributed by atoms with E-state index in [0.717, 1.165) is 30.6 Å². The molecule has 0 fully saturated rings. The van der Waals surface area contributed by atoms with Gasteiger partial charge >= 0.3 is 5.97 Å². The molecule has 32 heavy (non-hydrogen) atoms. The number of carbonyl (C=O) groups is 3. The van der Waals surface area contributed by atoms with E-state index < -0.39 is 5.97 Å². The van der Waals surface area contributed by atoms with Crippen molar-refractivity contribution in [3.63, 3.8) is 0 Å². The number of nitrogens with zero attached hydrogens (tertiary/aromatic N) is 1. The fraction of sp³-hybridized carbons (Fsp3) is 0.500. The van der Waals surface area contributed by atoms with Gasteiger partial charge in [-0.2, -0.15) is 12.6 Å². The van der Waals surface area contributed by atoms with Gasteiger partial charge in [0.05, 0.1) is 40.0 Å². The Balaban J connectivity index is 2.02. The summed E-state index contributed by atoms with van der Waals surface area (Å²) >= 11 is 7.42. The summed E-state index contributed by atoms with van der Waals surface area (Å²) in [6.07, 6.45) is 0.599. The monoisotopic (exact) mass is 498 g/mol. The lowest BCUT2D eigenvalue weighted by Gasteiger charge is -2.27. The first-order valence-corrected chi connectivity index (χ1v) is 12.6. The van der Waals surface area contributed by atoms with Gasteiger partial charge in [-0.3, -0.25) is 9.59 Å². The smallest absolute Gasteiger partial charge is 0.359 e. The Labute approximate surface area is 202 Å². The third-order valence-electron chi connectivity index (χ3n) is 4.92. The number of aliphatic carboxylic acids is 1. The average molecular weight is 499 g/mol. The first-order chi connectivity index (χ1) is 15.0. The van der Waals surface area contributed by atoms with Crippen LogP contribution >= 0.6 is 35.3 Å².